The molecular formula is C13H23NO3. The van der Waals surface area contributed by atoms with E-state index in [1.807, 2.05) is 20.8 Å². The number of rotatable bonds is 2. The number of carbonyl (C=O) groups is 1. The van der Waals surface area contributed by atoms with Crippen molar-refractivity contribution in [3.8, 4) is 0 Å². The lowest BCUT2D eigenvalue weighted by atomic mass is 9.68. The first-order chi connectivity index (χ1) is 7.86. The number of hydrogen-bond acceptors (Lipinski definition) is 3. The quantitative estimate of drug-likeness (QED) is 0.744. The van der Waals surface area contributed by atoms with E-state index in [-0.39, 0.29) is 6.09 Å². The van der Waals surface area contributed by atoms with E-state index >= 15 is 0 Å². The average molecular weight is 241 g/mol. The van der Waals surface area contributed by atoms with E-state index in [0.29, 0.717) is 11.3 Å². The Morgan fingerprint density at radius 3 is 2.35 bits per heavy atom. The summed E-state index contributed by atoms with van der Waals surface area (Å²) in [6.07, 6.45) is 0.958. The van der Waals surface area contributed by atoms with Gasteiger partial charge in [0.25, 0.3) is 0 Å². The summed E-state index contributed by atoms with van der Waals surface area (Å²) in [6.45, 7) is 11.3. The Labute approximate surface area is 103 Å². The lowest BCUT2D eigenvalue weighted by Crippen LogP contribution is -2.62. The number of likely N-dealkylation sites (tertiary alicyclic amines) is 1. The molecule has 0 saturated carbocycles. The van der Waals surface area contributed by atoms with E-state index in [4.69, 9.17) is 9.47 Å². The van der Waals surface area contributed by atoms with Gasteiger partial charge < -0.3 is 14.4 Å². The maximum absolute atomic E-state index is 11.8. The van der Waals surface area contributed by atoms with Gasteiger partial charge in [0.15, 0.2) is 0 Å². The zero-order valence-electron chi connectivity index (χ0n) is 11.3. The predicted octanol–water partition coefficient (Wildman–Crippen LogP) is 2.28. The Balaban J connectivity index is 1.81. The van der Waals surface area contributed by atoms with E-state index in [0.717, 1.165) is 32.7 Å². The van der Waals surface area contributed by atoms with Gasteiger partial charge in [-0.2, -0.15) is 0 Å². The minimum Gasteiger partial charge on any atom is -0.444 e. The molecule has 17 heavy (non-hydrogen) atoms. The summed E-state index contributed by atoms with van der Waals surface area (Å²) in [5, 5.41) is 0. The Bertz CT molecular complexity index is 293. The van der Waals surface area contributed by atoms with Crippen LogP contribution in [0, 0.1) is 11.3 Å². The molecule has 0 bridgehead atoms. The van der Waals surface area contributed by atoms with Crippen LogP contribution < -0.4 is 0 Å². The smallest absolute Gasteiger partial charge is 0.410 e. The average Bonchev–Trinajstić information content (AvgIpc) is 2.03. The fraction of sp³-hybridized carbons (Fsp3) is 0.923. The largest absolute Gasteiger partial charge is 0.444 e. The van der Waals surface area contributed by atoms with Crippen molar-refractivity contribution in [3.63, 3.8) is 0 Å². The topological polar surface area (TPSA) is 38.8 Å². The molecule has 0 N–H and O–H groups in total. The van der Waals surface area contributed by atoms with Gasteiger partial charge in [-0.15, -0.1) is 0 Å². The van der Waals surface area contributed by atoms with Crippen molar-refractivity contribution in [2.45, 2.75) is 39.7 Å². The third kappa shape index (κ3) is 2.41. The van der Waals surface area contributed by atoms with Crippen LogP contribution in [0.1, 0.15) is 34.1 Å². The zero-order valence-corrected chi connectivity index (χ0v) is 11.3. The van der Waals surface area contributed by atoms with Crippen molar-refractivity contribution < 1.29 is 14.3 Å². The van der Waals surface area contributed by atoms with Gasteiger partial charge in [-0.1, -0.05) is 6.92 Å². The predicted molar refractivity (Wildman–Crippen MR) is 64.8 cm³/mol. The van der Waals surface area contributed by atoms with Crippen LogP contribution in [0.3, 0.4) is 0 Å². The second kappa shape index (κ2) is 4.16. The van der Waals surface area contributed by atoms with Gasteiger partial charge in [0.2, 0.25) is 0 Å². The van der Waals surface area contributed by atoms with Crippen LogP contribution in [0.25, 0.3) is 0 Å². The molecular weight excluding hydrogens is 218 g/mol. The summed E-state index contributed by atoms with van der Waals surface area (Å²) in [6, 6.07) is 0. The molecule has 0 aromatic rings. The maximum Gasteiger partial charge on any atom is 0.410 e. The Morgan fingerprint density at radius 1 is 1.41 bits per heavy atom. The van der Waals surface area contributed by atoms with Crippen molar-refractivity contribution in [3.05, 3.63) is 0 Å². The van der Waals surface area contributed by atoms with E-state index in [1.165, 1.54) is 0 Å². The highest BCUT2D eigenvalue weighted by Gasteiger charge is 2.50. The molecule has 0 spiro atoms. The maximum atomic E-state index is 11.8. The molecule has 2 rings (SSSR count). The van der Waals surface area contributed by atoms with Crippen LogP contribution >= 0.6 is 0 Å². The van der Waals surface area contributed by atoms with E-state index in [2.05, 4.69) is 6.92 Å². The number of ether oxygens (including phenoxy) is 2. The third-order valence-electron chi connectivity index (χ3n) is 3.88. The fourth-order valence-corrected chi connectivity index (χ4v) is 2.43. The van der Waals surface area contributed by atoms with Crippen molar-refractivity contribution in [2.24, 2.45) is 11.3 Å². The first kappa shape index (κ1) is 12.7. The SMILES string of the molecule is CCC1(C2CN(C(=O)OC(C)(C)C)C2)COC1. The molecule has 0 aromatic carbocycles. The molecule has 98 valence electrons. The van der Waals surface area contributed by atoms with E-state index < -0.39 is 5.60 Å². The Kier molecular flexibility index (Phi) is 3.10. The molecule has 0 radical (unpaired) electrons. The summed E-state index contributed by atoms with van der Waals surface area (Å²) < 4.78 is 10.7. The first-order valence-electron chi connectivity index (χ1n) is 6.42. The molecule has 2 fully saturated rings. The van der Waals surface area contributed by atoms with Gasteiger partial charge in [0.1, 0.15) is 5.60 Å². The Morgan fingerprint density at radius 2 is 2.00 bits per heavy atom. The lowest BCUT2D eigenvalue weighted by Gasteiger charge is -2.54. The lowest BCUT2D eigenvalue weighted by molar-refractivity contribution is -0.175. The summed E-state index contributed by atoms with van der Waals surface area (Å²) >= 11 is 0. The summed E-state index contributed by atoms with van der Waals surface area (Å²) in [5.41, 5.74) is -0.0668. The van der Waals surface area contributed by atoms with Crippen molar-refractivity contribution in [2.75, 3.05) is 26.3 Å². The second-order valence-electron chi connectivity index (χ2n) is 6.29. The fourth-order valence-electron chi connectivity index (χ4n) is 2.43. The molecule has 1 amide bonds. The van der Waals surface area contributed by atoms with Crippen molar-refractivity contribution >= 4 is 6.09 Å². The molecule has 2 aliphatic rings. The van der Waals surface area contributed by atoms with Gasteiger partial charge in [0.05, 0.1) is 13.2 Å². The summed E-state index contributed by atoms with van der Waals surface area (Å²) in [4.78, 5) is 13.6. The van der Waals surface area contributed by atoms with Crippen LogP contribution in [0.15, 0.2) is 0 Å². The van der Waals surface area contributed by atoms with Crippen molar-refractivity contribution in [1.82, 2.24) is 4.90 Å². The minimum absolute atomic E-state index is 0.180. The molecule has 2 saturated heterocycles. The van der Waals surface area contributed by atoms with Crippen LogP contribution in [-0.2, 0) is 9.47 Å². The van der Waals surface area contributed by atoms with Gasteiger partial charge in [-0.05, 0) is 27.2 Å². The van der Waals surface area contributed by atoms with Gasteiger partial charge in [-0.25, -0.2) is 4.79 Å². The molecule has 4 nitrogen and oxygen atoms in total. The number of amides is 1. The summed E-state index contributed by atoms with van der Waals surface area (Å²) in [7, 11) is 0. The summed E-state index contributed by atoms with van der Waals surface area (Å²) in [5.74, 6) is 0.591. The molecule has 2 aliphatic heterocycles. The second-order valence-corrected chi connectivity index (χ2v) is 6.29. The molecule has 4 heteroatoms. The van der Waals surface area contributed by atoms with Crippen LogP contribution in [0.5, 0.6) is 0 Å². The normalized spacial score (nSPS) is 23.9. The van der Waals surface area contributed by atoms with Crippen LogP contribution in [-0.4, -0.2) is 42.9 Å². The van der Waals surface area contributed by atoms with E-state index in [1.54, 1.807) is 4.90 Å². The molecule has 0 atom stereocenters. The van der Waals surface area contributed by atoms with Gasteiger partial charge in [0, 0.05) is 24.4 Å². The zero-order chi connectivity index (χ0) is 12.7. The number of nitrogens with zero attached hydrogens (tertiary/aromatic N) is 1. The molecule has 2 heterocycles. The minimum atomic E-state index is -0.399. The van der Waals surface area contributed by atoms with Gasteiger partial charge in [-0.3, -0.25) is 0 Å². The molecule has 0 aliphatic carbocycles. The molecule has 0 unspecified atom stereocenters. The number of carbonyl (C=O) groups excluding carboxylic acids is 1. The third-order valence-corrected chi connectivity index (χ3v) is 3.88. The number of hydrogen-bond donors (Lipinski definition) is 0. The highest BCUT2D eigenvalue weighted by molar-refractivity contribution is 5.69. The highest BCUT2D eigenvalue weighted by atomic mass is 16.6. The standard InChI is InChI=1S/C13H23NO3/c1-5-13(8-16-9-13)10-6-14(7-10)11(15)17-12(2,3)4/h10H,5-9H2,1-4H3. The van der Waals surface area contributed by atoms with E-state index in [9.17, 15) is 4.79 Å². The monoisotopic (exact) mass is 241 g/mol. The van der Waals surface area contributed by atoms with Crippen molar-refractivity contribution in [1.29, 1.82) is 0 Å². The first-order valence-corrected chi connectivity index (χ1v) is 6.42. The Hall–Kier alpha value is -0.770. The van der Waals surface area contributed by atoms with Crippen LogP contribution in [0.2, 0.25) is 0 Å². The molecule has 0 aromatic heterocycles. The van der Waals surface area contributed by atoms with Crippen LogP contribution in [0.4, 0.5) is 4.79 Å². The van der Waals surface area contributed by atoms with Gasteiger partial charge >= 0.3 is 6.09 Å². The highest BCUT2D eigenvalue weighted by Crippen LogP contribution is 2.43.